The molecular weight excluding hydrogens is 220 g/mol. The summed E-state index contributed by atoms with van der Waals surface area (Å²) in [6.07, 6.45) is 0. The van der Waals surface area contributed by atoms with Crippen LogP contribution in [0.1, 0.15) is 10.5 Å². The first kappa shape index (κ1) is 13.6. The van der Waals surface area contributed by atoms with Crippen molar-refractivity contribution in [1.29, 1.82) is 0 Å². The predicted molar refractivity (Wildman–Crippen MR) is 52.9 cm³/mol. The molecule has 0 atom stereocenters. The third-order valence-electron chi connectivity index (χ3n) is 1.19. The van der Waals surface area contributed by atoms with E-state index in [-0.39, 0.29) is 6.54 Å². The Labute approximate surface area is 88.1 Å². The lowest BCUT2D eigenvalue weighted by Gasteiger charge is -1.89. The third-order valence-corrected chi connectivity index (χ3v) is 1.19. The van der Waals surface area contributed by atoms with E-state index in [4.69, 9.17) is 10.8 Å². The molecule has 1 heterocycles. The minimum absolute atomic E-state index is 0.0556. The van der Waals surface area contributed by atoms with Gasteiger partial charge in [-0.3, -0.25) is 14.6 Å². The number of nitrogens with two attached hydrogens (primary N) is 2. The Morgan fingerprint density at radius 2 is 1.81 bits per heavy atom. The van der Waals surface area contributed by atoms with Crippen molar-refractivity contribution in [3.8, 4) is 0 Å². The Balaban J connectivity index is 0.000000385. The van der Waals surface area contributed by atoms with E-state index in [1.54, 1.807) is 0 Å². The number of aromatic amines is 2. The second kappa shape index (κ2) is 6.14. The molecule has 0 aromatic carbocycles. The molecule has 7 N–H and O–H groups in total. The molecule has 0 saturated carbocycles. The van der Waals surface area contributed by atoms with Crippen molar-refractivity contribution >= 4 is 11.9 Å². The number of carbonyl (C=O) groups is 2. The molecule has 0 unspecified atom stereocenters. The maximum absolute atomic E-state index is 10.5. The fourth-order valence-corrected chi connectivity index (χ4v) is 0.584. The molecule has 16 heavy (non-hydrogen) atoms. The highest BCUT2D eigenvalue weighted by atomic mass is 16.4. The number of hydrogen-bond acceptors (Lipinski definition) is 5. The van der Waals surface area contributed by atoms with Crippen LogP contribution in [0.3, 0.4) is 0 Å². The summed E-state index contributed by atoms with van der Waals surface area (Å²) >= 11 is 0. The number of aromatic carboxylic acids is 1. The molecule has 0 saturated heterocycles. The highest BCUT2D eigenvalue weighted by molar-refractivity contribution is 5.84. The minimum Gasteiger partial charge on any atom is -0.477 e. The Kier molecular flexibility index (Phi) is 5.21. The zero-order chi connectivity index (χ0) is 12.7. The summed E-state index contributed by atoms with van der Waals surface area (Å²) in [7, 11) is 0. The summed E-state index contributed by atoms with van der Waals surface area (Å²) in [5.41, 5.74) is 7.25. The molecule has 0 spiro atoms. The summed E-state index contributed by atoms with van der Waals surface area (Å²) in [6, 6.07) is 0.795. The zero-order valence-corrected chi connectivity index (χ0v) is 8.02. The Bertz CT molecular complexity index is 460. The fourth-order valence-electron chi connectivity index (χ4n) is 0.584. The van der Waals surface area contributed by atoms with Crippen LogP contribution in [-0.4, -0.2) is 33.5 Å². The Morgan fingerprint density at radius 3 is 2.12 bits per heavy atom. The first-order chi connectivity index (χ1) is 7.36. The monoisotopic (exact) mass is 230 g/mol. The lowest BCUT2D eigenvalue weighted by molar-refractivity contribution is -0.116. The van der Waals surface area contributed by atoms with Gasteiger partial charge in [0, 0.05) is 6.07 Å². The zero-order valence-electron chi connectivity index (χ0n) is 8.02. The number of H-pyrrole nitrogens is 2. The summed E-state index contributed by atoms with van der Waals surface area (Å²) in [6.45, 7) is -0.0556. The summed E-state index contributed by atoms with van der Waals surface area (Å²) in [4.78, 5) is 44.3. The van der Waals surface area contributed by atoms with Gasteiger partial charge in [0.1, 0.15) is 5.69 Å². The van der Waals surface area contributed by atoms with Gasteiger partial charge in [0.05, 0.1) is 6.54 Å². The molecule has 0 fully saturated rings. The highest BCUT2D eigenvalue weighted by Crippen LogP contribution is 1.81. The van der Waals surface area contributed by atoms with Crippen LogP contribution in [0.15, 0.2) is 15.7 Å². The number of rotatable bonds is 2. The molecular formula is C7H10N4O5. The van der Waals surface area contributed by atoms with Gasteiger partial charge in [-0.05, 0) is 0 Å². The van der Waals surface area contributed by atoms with Crippen molar-refractivity contribution in [1.82, 2.24) is 9.97 Å². The Hall–Kier alpha value is -2.42. The number of amides is 1. The molecule has 0 aliphatic rings. The molecule has 0 aliphatic carbocycles. The van der Waals surface area contributed by atoms with Crippen molar-refractivity contribution in [3.63, 3.8) is 0 Å². The molecule has 9 nitrogen and oxygen atoms in total. The van der Waals surface area contributed by atoms with Gasteiger partial charge in [0.15, 0.2) is 0 Å². The molecule has 1 aromatic heterocycles. The third kappa shape index (κ3) is 5.34. The van der Waals surface area contributed by atoms with Gasteiger partial charge in [0.25, 0.3) is 5.56 Å². The maximum atomic E-state index is 10.5. The number of primary amides is 1. The molecule has 1 aromatic rings. The van der Waals surface area contributed by atoms with Crippen LogP contribution in [-0.2, 0) is 4.79 Å². The topological polar surface area (TPSA) is 172 Å². The van der Waals surface area contributed by atoms with Crippen LogP contribution in [0.5, 0.6) is 0 Å². The highest BCUT2D eigenvalue weighted by Gasteiger charge is 2.03. The van der Waals surface area contributed by atoms with E-state index in [9.17, 15) is 19.2 Å². The molecule has 0 bridgehead atoms. The van der Waals surface area contributed by atoms with E-state index in [1.807, 2.05) is 9.97 Å². The van der Waals surface area contributed by atoms with Crippen molar-refractivity contribution in [3.05, 3.63) is 32.6 Å². The number of carboxylic acid groups (broad SMARTS) is 1. The van der Waals surface area contributed by atoms with Crippen molar-refractivity contribution < 1.29 is 14.7 Å². The minimum atomic E-state index is -1.34. The second-order valence-electron chi connectivity index (χ2n) is 2.48. The number of hydrogen-bond donors (Lipinski definition) is 5. The largest absolute Gasteiger partial charge is 0.477 e. The first-order valence-electron chi connectivity index (χ1n) is 3.92. The number of nitrogens with one attached hydrogen (secondary N) is 2. The standard InChI is InChI=1S/C5H4N2O4.C2H6N2O/c8-3-1-2(4(9)10)6-5(11)7-3;3-1-2(4)5/h1H,(H,9,10)(H2,6,7,8,11);1,3H2,(H2,4,5). The molecule has 1 rings (SSSR count). The van der Waals surface area contributed by atoms with Gasteiger partial charge in [-0.25, -0.2) is 9.59 Å². The number of aromatic nitrogens is 2. The van der Waals surface area contributed by atoms with Gasteiger partial charge >= 0.3 is 11.7 Å². The van der Waals surface area contributed by atoms with Gasteiger partial charge in [-0.1, -0.05) is 0 Å². The summed E-state index contributed by atoms with van der Waals surface area (Å²) in [5, 5.41) is 8.31. The first-order valence-corrected chi connectivity index (χ1v) is 3.92. The average Bonchev–Trinajstić information content (AvgIpc) is 2.17. The van der Waals surface area contributed by atoms with Gasteiger partial charge in [-0.2, -0.15) is 0 Å². The van der Waals surface area contributed by atoms with Crippen LogP contribution in [0.2, 0.25) is 0 Å². The van der Waals surface area contributed by atoms with E-state index in [1.165, 1.54) is 0 Å². The lowest BCUT2D eigenvalue weighted by Crippen LogP contribution is -2.24. The quantitative estimate of drug-likeness (QED) is 0.366. The SMILES string of the molecule is NCC(N)=O.O=C(O)c1cc(=O)[nH]c(=O)[nH]1. The van der Waals surface area contributed by atoms with Gasteiger partial charge in [0.2, 0.25) is 5.91 Å². The number of carboxylic acids is 1. The number of carbonyl (C=O) groups excluding carboxylic acids is 1. The van der Waals surface area contributed by atoms with E-state index in [0.29, 0.717) is 0 Å². The summed E-state index contributed by atoms with van der Waals surface area (Å²) < 4.78 is 0. The van der Waals surface area contributed by atoms with Crippen LogP contribution >= 0.6 is 0 Å². The molecule has 88 valence electrons. The van der Waals surface area contributed by atoms with Crippen LogP contribution < -0.4 is 22.7 Å². The van der Waals surface area contributed by atoms with Crippen LogP contribution in [0.4, 0.5) is 0 Å². The average molecular weight is 230 g/mol. The normalized spacial score (nSPS) is 8.81. The molecule has 0 aliphatic heterocycles. The molecule has 1 amide bonds. The van der Waals surface area contributed by atoms with E-state index < -0.39 is 28.8 Å². The van der Waals surface area contributed by atoms with Crippen LogP contribution in [0, 0.1) is 0 Å². The van der Waals surface area contributed by atoms with Crippen molar-refractivity contribution in [2.24, 2.45) is 11.5 Å². The second-order valence-corrected chi connectivity index (χ2v) is 2.48. The van der Waals surface area contributed by atoms with E-state index in [0.717, 1.165) is 6.07 Å². The fraction of sp³-hybridized carbons (Fsp3) is 0.143. The van der Waals surface area contributed by atoms with Crippen molar-refractivity contribution in [2.45, 2.75) is 0 Å². The molecule has 9 heteroatoms. The molecule has 0 radical (unpaired) electrons. The summed E-state index contributed by atoms with van der Waals surface area (Å²) in [5.74, 6) is -1.81. The van der Waals surface area contributed by atoms with E-state index in [2.05, 4.69) is 5.73 Å². The lowest BCUT2D eigenvalue weighted by atomic mass is 10.4. The Morgan fingerprint density at radius 1 is 1.31 bits per heavy atom. The van der Waals surface area contributed by atoms with Gasteiger partial charge in [-0.15, -0.1) is 0 Å². The maximum Gasteiger partial charge on any atom is 0.352 e. The predicted octanol–water partition coefficient (Wildman–Crippen LogP) is -2.81. The van der Waals surface area contributed by atoms with Gasteiger partial charge < -0.3 is 21.6 Å². The van der Waals surface area contributed by atoms with Crippen molar-refractivity contribution in [2.75, 3.05) is 6.54 Å². The smallest absolute Gasteiger partial charge is 0.352 e. The van der Waals surface area contributed by atoms with E-state index >= 15 is 0 Å². The van der Waals surface area contributed by atoms with Crippen LogP contribution in [0.25, 0.3) is 0 Å².